The SMILES string of the molecule is O=C(COc1ccc(Br)cc1)N/N=C/c1ccc(OC(=O)c2ccccc2)cc1. The van der Waals surface area contributed by atoms with Crippen LogP contribution in [0.3, 0.4) is 0 Å². The molecule has 3 rings (SSSR count). The monoisotopic (exact) mass is 452 g/mol. The smallest absolute Gasteiger partial charge is 0.343 e. The highest BCUT2D eigenvalue weighted by Crippen LogP contribution is 2.16. The number of hydrogen-bond acceptors (Lipinski definition) is 5. The van der Waals surface area contributed by atoms with Crippen LogP contribution in [0.4, 0.5) is 0 Å². The van der Waals surface area contributed by atoms with Crippen LogP contribution in [0.25, 0.3) is 0 Å². The summed E-state index contributed by atoms with van der Waals surface area (Å²) in [5, 5.41) is 3.89. The van der Waals surface area contributed by atoms with Crippen LogP contribution in [0.15, 0.2) is 88.4 Å². The molecule has 0 heterocycles. The van der Waals surface area contributed by atoms with Gasteiger partial charge in [-0.05, 0) is 66.2 Å². The maximum Gasteiger partial charge on any atom is 0.343 e. The number of ether oxygens (including phenoxy) is 2. The average molecular weight is 453 g/mol. The first-order chi connectivity index (χ1) is 14.1. The number of nitrogens with zero attached hydrogens (tertiary/aromatic N) is 1. The number of hydrogen-bond donors (Lipinski definition) is 1. The van der Waals surface area contributed by atoms with Crippen LogP contribution in [0.5, 0.6) is 11.5 Å². The fourth-order valence-electron chi connectivity index (χ4n) is 2.25. The van der Waals surface area contributed by atoms with Crippen molar-refractivity contribution in [3.8, 4) is 11.5 Å². The van der Waals surface area contributed by atoms with Gasteiger partial charge in [0, 0.05) is 4.47 Å². The zero-order valence-electron chi connectivity index (χ0n) is 15.2. The van der Waals surface area contributed by atoms with E-state index in [1.54, 1.807) is 60.7 Å². The van der Waals surface area contributed by atoms with E-state index < -0.39 is 5.97 Å². The van der Waals surface area contributed by atoms with Crippen LogP contribution in [0.1, 0.15) is 15.9 Å². The topological polar surface area (TPSA) is 77.0 Å². The summed E-state index contributed by atoms with van der Waals surface area (Å²) in [7, 11) is 0. The summed E-state index contributed by atoms with van der Waals surface area (Å²) in [6.07, 6.45) is 1.49. The number of esters is 1. The Morgan fingerprint density at radius 1 is 0.897 bits per heavy atom. The van der Waals surface area contributed by atoms with Crippen LogP contribution in [-0.2, 0) is 4.79 Å². The summed E-state index contributed by atoms with van der Waals surface area (Å²) < 4.78 is 11.6. The van der Waals surface area contributed by atoms with E-state index in [2.05, 4.69) is 26.5 Å². The molecule has 29 heavy (non-hydrogen) atoms. The predicted molar refractivity (Wildman–Crippen MR) is 113 cm³/mol. The fourth-order valence-corrected chi connectivity index (χ4v) is 2.52. The standard InChI is InChI=1S/C22H17BrN2O4/c23-18-8-12-19(13-9-18)28-15-21(26)25-24-14-16-6-10-20(11-7-16)29-22(27)17-4-2-1-3-5-17/h1-14H,15H2,(H,25,26)/b24-14+. The number of carbonyl (C=O) groups is 2. The van der Waals surface area contributed by atoms with Crippen molar-refractivity contribution in [1.82, 2.24) is 5.43 Å². The minimum atomic E-state index is -0.426. The van der Waals surface area contributed by atoms with Crippen molar-refractivity contribution in [3.05, 3.63) is 94.5 Å². The maximum absolute atomic E-state index is 12.0. The summed E-state index contributed by atoms with van der Waals surface area (Å²) >= 11 is 3.33. The molecule has 6 nitrogen and oxygen atoms in total. The van der Waals surface area contributed by atoms with Gasteiger partial charge in [-0.3, -0.25) is 4.79 Å². The molecule has 146 valence electrons. The lowest BCUT2D eigenvalue weighted by Crippen LogP contribution is -2.24. The Morgan fingerprint density at radius 2 is 1.55 bits per heavy atom. The molecule has 0 aliphatic rings. The van der Waals surface area contributed by atoms with Crippen molar-refractivity contribution in [2.75, 3.05) is 6.61 Å². The number of halogens is 1. The van der Waals surface area contributed by atoms with Crippen LogP contribution in [-0.4, -0.2) is 24.7 Å². The number of carbonyl (C=O) groups excluding carboxylic acids is 2. The Balaban J connectivity index is 1.45. The molecular weight excluding hydrogens is 436 g/mol. The predicted octanol–water partition coefficient (Wildman–Crippen LogP) is 4.20. The van der Waals surface area contributed by atoms with Gasteiger partial charge in [0.15, 0.2) is 6.61 Å². The molecule has 1 amide bonds. The van der Waals surface area contributed by atoms with Crippen molar-refractivity contribution in [2.45, 2.75) is 0 Å². The fraction of sp³-hybridized carbons (Fsp3) is 0.0455. The molecule has 0 atom stereocenters. The molecule has 0 radical (unpaired) electrons. The highest BCUT2D eigenvalue weighted by atomic mass is 79.9. The first kappa shape index (κ1) is 20.3. The molecule has 0 aliphatic heterocycles. The van der Waals surface area contributed by atoms with Crippen LogP contribution < -0.4 is 14.9 Å². The van der Waals surface area contributed by atoms with Crippen molar-refractivity contribution in [2.24, 2.45) is 5.10 Å². The Bertz CT molecular complexity index is 988. The molecule has 0 unspecified atom stereocenters. The first-order valence-corrected chi connectivity index (χ1v) is 9.47. The zero-order valence-corrected chi connectivity index (χ0v) is 16.8. The van der Waals surface area contributed by atoms with Gasteiger partial charge in [0.05, 0.1) is 11.8 Å². The molecule has 0 fully saturated rings. The summed E-state index contributed by atoms with van der Waals surface area (Å²) in [6, 6.07) is 22.7. The molecule has 0 bridgehead atoms. The van der Waals surface area contributed by atoms with Crippen LogP contribution in [0, 0.1) is 0 Å². The molecule has 0 aliphatic carbocycles. The van der Waals surface area contributed by atoms with E-state index in [1.165, 1.54) is 6.21 Å². The van der Waals surface area contributed by atoms with Gasteiger partial charge in [-0.15, -0.1) is 0 Å². The minimum Gasteiger partial charge on any atom is -0.484 e. The quantitative estimate of drug-likeness (QED) is 0.252. The number of nitrogens with one attached hydrogen (secondary N) is 1. The molecule has 1 N–H and O–H groups in total. The van der Waals surface area contributed by atoms with Gasteiger partial charge in [-0.1, -0.05) is 34.1 Å². The Labute approximate surface area is 176 Å². The lowest BCUT2D eigenvalue weighted by Gasteiger charge is -2.05. The van der Waals surface area contributed by atoms with Gasteiger partial charge in [0.2, 0.25) is 0 Å². The molecule has 0 spiro atoms. The van der Waals surface area contributed by atoms with E-state index in [9.17, 15) is 9.59 Å². The summed E-state index contributed by atoms with van der Waals surface area (Å²) in [4.78, 5) is 23.8. The molecule has 0 saturated carbocycles. The number of rotatable bonds is 7. The zero-order chi connectivity index (χ0) is 20.5. The van der Waals surface area contributed by atoms with Gasteiger partial charge in [-0.2, -0.15) is 5.10 Å². The highest BCUT2D eigenvalue weighted by molar-refractivity contribution is 9.10. The summed E-state index contributed by atoms with van der Waals surface area (Å²) in [5.74, 6) is 0.207. The van der Waals surface area contributed by atoms with Crippen LogP contribution in [0.2, 0.25) is 0 Å². The third kappa shape index (κ3) is 6.58. The largest absolute Gasteiger partial charge is 0.484 e. The second-order valence-corrected chi connectivity index (χ2v) is 6.78. The van der Waals surface area contributed by atoms with Gasteiger partial charge >= 0.3 is 5.97 Å². The number of benzene rings is 3. The average Bonchev–Trinajstić information content (AvgIpc) is 2.75. The molecule has 7 heteroatoms. The van der Waals surface area contributed by atoms with E-state index in [-0.39, 0.29) is 12.5 Å². The van der Waals surface area contributed by atoms with E-state index in [0.717, 1.165) is 10.0 Å². The van der Waals surface area contributed by atoms with E-state index in [4.69, 9.17) is 9.47 Å². The molecule has 0 saturated heterocycles. The number of hydrazone groups is 1. The second-order valence-electron chi connectivity index (χ2n) is 5.86. The van der Waals surface area contributed by atoms with Crippen molar-refractivity contribution < 1.29 is 19.1 Å². The lowest BCUT2D eigenvalue weighted by atomic mass is 10.2. The Kier molecular flexibility index (Phi) is 7.13. The van der Waals surface area contributed by atoms with E-state index in [0.29, 0.717) is 17.1 Å². The molecule has 3 aromatic rings. The summed E-state index contributed by atoms with van der Waals surface area (Å²) in [5.41, 5.74) is 3.60. The van der Waals surface area contributed by atoms with Crippen LogP contribution >= 0.6 is 15.9 Å². The van der Waals surface area contributed by atoms with Crippen molar-refractivity contribution >= 4 is 34.0 Å². The van der Waals surface area contributed by atoms with E-state index >= 15 is 0 Å². The Morgan fingerprint density at radius 3 is 2.24 bits per heavy atom. The third-order valence-electron chi connectivity index (χ3n) is 3.69. The second kappa shape index (κ2) is 10.2. The van der Waals surface area contributed by atoms with Gasteiger partial charge in [0.1, 0.15) is 11.5 Å². The Hall–Kier alpha value is -3.45. The summed E-state index contributed by atoms with van der Waals surface area (Å²) in [6.45, 7) is -0.145. The third-order valence-corrected chi connectivity index (χ3v) is 4.22. The highest BCUT2D eigenvalue weighted by Gasteiger charge is 2.07. The van der Waals surface area contributed by atoms with Gasteiger partial charge in [0.25, 0.3) is 5.91 Å². The van der Waals surface area contributed by atoms with Gasteiger partial charge < -0.3 is 9.47 Å². The number of amides is 1. The first-order valence-electron chi connectivity index (χ1n) is 8.68. The van der Waals surface area contributed by atoms with E-state index in [1.807, 2.05) is 18.2 Å². The molecule has 0 aromatic heterocycles. The lowest BCUT2D eigenvalue weighted by molar-refractivity contribution is -0.123. The normalized spacial score (nSPS) is 10.5. The van der Waals surface area contributed by atoms with Gasteiger partial charge in [-0.25, -0.2) is 10.2 Å². The maximum atomic E-state index is 12.0. The molecular formula is C22H17BrN2O4. The molecule has 3 aromatic carbocycles. The van der Waals surface area contributed by atoms with Crippen molar-refractivity contribution in [1.29, 1.82) is 0 Å². The van der Waals surface area contributed by atoms with Crippen molar-refractivity contribution in [3.63, 3.8) is 0 Å². The minimum absolute atomic E-state index is 0.145.